The van der Waals surface area contributed by atoms with Gasteiger partial charge in [-0.3, -0.25) is 14.5 Å². The fourth-order valence-electron chi connectivity index (χ4n) is 2.97. The number of guanidine groups is 1. The Morgan fingerprint density at radius 1 is 1.25 bits per heavy atom. The lowest BCUT2D eigenvalue weighted by Gasteiger charge is -2.36. The summed E-state index contributed by atoms with van der Waals surface area (Å²) in [5, 5.41) is 7.84. The standard InChI is InChI=1S/C17H30N6O/c1-5-18-17(22-11-9-21(10-12-22)16(4)24)19-7-6-8-23-15(3)13-14(2)20-23/h13H,5-12H2,1-4H3,(H,18,19). The molecule has 2 rings (SSSR count). The van der Waals surface area contributed by atoms with Gasteiger partial charge in [-0.2, -0.15) is 5.10 Å². The topological polar surface area (TPSA) is 65.8 Å². The summed E-state index contributed by atoms with van der Waals surface area (Å²) in [5.74, 6) is 1.11. The van der Waals surface area contributed by atoms with E-state index in [1.807, 2.05) is 16.5 Å². The molecule has 134 valence electrons. The number of aliphatic imine (C=N–C) groups is 1. The fraction of sp³-hybridized carbons (Fsp3) is 0.706. The molecule has 0 saturated carbocycles. The number of aryl methyl sites for hydroxylation is 3. The van der Waals surface area contributed by atoms with Gasteiger partial charge in [0.2, 0.25) is 5.91 Å². The number of carbonyl (C=O) groups excluding carboxylic acids is 1. The Morgan fingerprint density at radius 3 is 2.46 bits per heavy atom. The van der Waals surface area contributed by atoms with Crippen LogP contribution in [0.1, 0.15) is 31.7 Å². The third kappa shape index (κ3) is 4.97. The molecule has 1 aliphatic rings. The van der Waals surface area contributed by atoms with E-state index in [1.165, 1.54) is 5.69 Å². The van der Waals surface area contributed by atoms with Gasteiger partial charge in [0.15, 0.2) is 5.96 Å². The van der Waals surface area contributed by atoms with Crippen molar-refractivity contribution in [2.75, 3.05) is 39.3 Å². The van der Waals surface area contributed by atoms with Crippen molar-refractivity contribution in [2.24, 2.45) is 4.99 Å². The van der Waals surface area contributed by atoms with Crippen LogP contribution in [0.2, 0.25) is 0 Å². The number of amides is 1. The van der Waals surface area contributed by atoms with Crippen LogP contribution in [0.15, 0.2) is 11.1 Å². The maximum atomic E-state index is 11.4. The fourth-order valence-corrected chi connectivity index (χ4v) is 2.97. The lowest BCUT2D eigenvalue weighted by atomic mass is 10.3. The molecule has 1 fully saturated rings. The first-order chi connectivity index (χ1) is 11.5. The average molecular weight is 334 g/mol. The minimum Gasteiger partial charge on any atom is -0.357 e. The first kappa shape index (κ1) is 18.3. The molecular formula is C17H30N6O. The van der Waals surface area contributed by atoms with Gasteiger partial charge >= 0.3 is 0 Å². The quantitative estimate of drug-likeness (QED) is 0.496. The number of nitrogens with one attached hydrogen (secondary N) is 1. The molecule has 1 saturated heterocycles. The summed E-state index contributed by atoms with van der Waals surface area (Å²) >= 11 is 0. The highest BCUT2D eigenvalue weighted by molar-refractivity contribution is 5.80. The zero-order valence-electron chi connectivity index (χ0n) is 15.4. The Kier molecular flexibility index (Phi) is 6.63. The normalized spacial score (nSPS) is 15.8. The maximum absolute atomic E-state index is 11.4. The van der Waals surface area contributed by atoms with Crippen molar-refractivity contribution in [1.29, 1.82) is 0 Å². The number of hydrogen-bond donors (Lipinski definition) is 1. The number of carbonyl (C=O) groups is 1. The van der Waals surface area contributed by atoms with Crippen molar-refractivity contribution in [3.8, 4) is 0 Å². The predicted molar refractivity (Wildman–Crippen MR) is 96.1 cm³/mol. The highest BCUT2D eigenvalue weighted by Gasteiger charge is 2.20. The maximum Gasteiger partial charge on any atom is 0.219 e. The highest BCUT2D eigenvalue weighted by atomic mass is 16.2. The molecule has 0 unspecified atom stereocenters. The zero-order chi connectivity index (χ0) is 17.5. The molecule has 1 aromatic rings. The monoisotopic (exact) mass is 334 g/mol. The lowest BCUT2D eigenvalue weighted by molar-refractivity contribution is -0.130. The Hall–Kier alpha value is -2.05. The molecule has 0 aliphatic carbocycles. The van der Waals surface area contributed by atoms with Crippen molar-refractivity contribution in [1.82, 2.24) is 24.9 Å². The molecule has 0 bridgehead atoms. The van der Waals surface area contributed by atoms with Gasteiger partial charge < -0.3 is 15.1 Å². The number of hydrogen-bond acceptors (Lipinski definition) is 3. The van der Waals surface area contributed by atoms with Crippen LogP contribution >= 0.6 is 0 Å². The lowest BCUT2D eigenvalue weighted by Crippen LogP contribution is -2.53. The second-order valence-corrected chi connectivity index (χ2v) is 6.23. The summed E-state index contributed by atoms with van der Waals surface area (Å²) in [6.07, 6.45) is 0.963. The minimum absolute atomic E-state index is 0.154. The van der Waals surface area contributed by atoms with E-state index in [4.69, 9.17) is 4.99 Å². The first-order valence-corrected chi connectivity index (χ1v) is 8.81. The SMILES string of the molecule is CCNC(=NCCCn1nc(C)cc1C)N1CCN(C(C)=O)CC1. The predicted octanol–water partition coefficient (Wildman–Crippen LogP) is 1.02. The summed E-state index contributed by atoms with van der Waals surface area (Å²) in [5.41, 5.74) is 2.26. The van der Waals surface area contributed by atoms with Crippen molar-refractivity contribution in [3.63, 3.8) is 0 Å². The van der Waals surface area contributed by atoms with E-state index in [-0.39, 0.29) is 5.91 Å². The summed E-state index contributed by atoms with van der Waals surface area (Å²) in [4.78, 5) is 20.3. The number of piperazine rings is 1. The van der Waals surface area contributed by atoms with Gasteiger partial charge in [-0.15, -0.1) is 0 Å². The van der Waals surface area contributed by atoms with Crippen molar-refractivity contribution < 1.29 is 4.79 Å². The number of aromatic nitrogens is 2. The molecule has 0 atom stereocenters. The van der Waals surface area contributed by atoms with E-state index in [2.05, 4.69) is 35.2 Å². The van der Waals surface area contributed by atoms with Gasteiger partial charge in [-0.1, -0.05) is 0 Å². The van der Waals surface area contributed by atoms with Gasteiger partial charge in [0, 0.05) is 58.4 Å². The molecule has 1 N–H and O–H groups in total. The molecule has 7 nitrogen and oxygen atoms in total. The molecule has 7 heteroatoms. The summed E-state index contributed by atoms with van der Waals surface area (Å²) in [7, 11) is 0. The molecule has 2 heterocycles. The first-order valence-electron chi connectivity index (χ1n) is 8.81. The second-order valence-electron chi connectivity index (χ2n) is 6.23. The Bertz CT molecular complexity index is 572. The number of rotatable bonds is 5. The largest absolute Gasteiger partial charge is 0.357 e. The molecule has 1 amide bonds. The summed E-state index contributed by atoms with van der Waals surface area (Å²) in [6.45, 7) is 13.5. The van der Waals surface area contributed by atoms with Crippen LogP contribution in [-0.4, -0.2) is 70.7 Å². The van der Waals surface area contributed by atoms with E-state index >= 15 is 0 Å². The van der Waals surface area contributed by atoms with Crippen LogP contribution < -0.4 is 5.32 Å². The van der Waals surface area contributed by atoms with Crippen LogP contribution in [0.25, 0.3) is 0 Å². The molecule has 0 aromatic carbocycles. The van der Waals surface area contributed by atoms with E-state index in [1.54, 1.807) is 6.92 Å². The molecular weight excluding hydrogens is 304 g/mol. The molecule has 0 spiro atoms. The average Bonchev–Trinajstić information content (AvgIpc) is 2.88. The summed E-state index contributed by atoms with van der Waals surface area (Å²) < 4.78 is 2.05. The van der Waals surface area contributed by atoms with Gasteiger partial charge in [-0.05, 0) is 33.3 Å². The van der Waals surface area contributed by atoms with E-state index < -0.39 is 0 Å². The highest BCUT2D eigenvalue weighted by Crippen LogP contribution is 2.05. The van der Waals surface area contributed by atoms with Crippen molar-refractivity contribution in [2.45, 2.75) is 40.7 Å². The van der Waals surface area contributed by atoms with Crippen LogP contribution in [0.3, 0.4) is 0 Å². The molecule has 0 radical (unpaired) electrons. The van der Waals surface area contributed by atoms with E-state index in [0.29, 0.717) is 0 Å². The van der Waals surface area contributed by atoms with Crippen molar-refractivity contribution in [3.05, 3.63) is 17.5 Å². The van der Waals surface area contributed by atoms with Gasteiger partial charge in [0.1, 0.15) is 0 Å². The molecule has 1 aromatic heterocycles. The molecule has 1 aliphatic heterocycles. The molecule has 24 heavy (non-hydrogen) atoms. The van der Waals surface area contributed by atoms with Crippen LogP contribution in [0, 0.1) is 13.8 Å². The Morgan fingerprint density at radius 2 is 1.92 bits per heavy atom. The third-order valence-corrected chi connectivity index (χ3v) is 4.25. The summed E-state index contributed by atoms with van der Waals surface area (Å²) in [6, 6.07) is 2.10. The minimum atomic E-state index is 0.154. The zero-order valence-corrected chi connectivity index (χ0v) is 15.4. The third-order valence-electron chi connectivity index (χ3n) is 4.25. The van der Waals surface area contributed by atoms with Crippen LogP contribution in [0.4, 0.5) is 0 Å². The van der Waals surface area contributed by atoms with Crippen LogP contribution in [-0.2, 0) is 11.3 Å². The number of nitrogens with zero attached hydrogens (tertiary/aromatic N) is 5. The van der Waals surface area contributed by atoms with Crippen LogP contribution in [0.5, 0.6) is 0 Å². The van der Waals surface area contributed by atoms with Gasteiger partial charge in [0.25, 0.3) is 0 Å². The Labute approximate surface area is 144 Å². The van der Waals surface area contributed by atoms with Gasteiger partial charge in [-0.25, -0.2) is 0 Å². The second kappa shape index (κ2) is 8.70. The van der Waals surface area contributed by atoms with Gasteiger partial charge in [0.05, 0.1) is 5.69 Å². The smallest absolute Gasteiger partial charge is 0.219 e. The van der Waals surface area contributed by atoms with E-state index in [9.17, 15) is 4.79 Å². The Balaban J connectivity index is 1.84. The van der Waals surface area contributed by atoms with Crippen molar-refractivity contribution >= 4 is 11.9 Å². The van der Waals surface area contributed by atoms with E-state index in [0.717, 1.165) is 63.9 Å².